The van der Waals surface area contributed by atoms with E-state index in [-0.39, 0.29) is 31.1 Å². The minimum absolute atomic E-state index is 0.0801. The van der Waals surface area contributed by atoms with Crippen molar-refractivity contribution in [1.82, 2.24) is 0 Å². The number of allylic oxidation sites excluding steroid dienone is 8. The molecule has 0 aromatic carbocycles. The van der Waals surface area contributed by atoms with E-state index in [4.69, 9.17) is 14.2 Å². The van der Waals surface area contributed by atoms with Crippen LogP contribution in [0, 0.1) is 0 Å². The Bertz CT molecular complexity index is 1220. The maximum Gasteiger partial charge on any atom is 0.306 e. The van der Waals surface area contributed by atoms with Crippen LogP contribution in [0.4, 0.5) is 0 Å². The van der Waals surface area contributed by atoms with Gasteiger partial charge in [0, 0.05) is 19.3 Å². The predicted molar refractivity (Wildman–Crippen MR) is 302 cm³/mol. The van der Waals surface area contributed by atoms with Crippen molar-refractivity contribution >= 4 is 17.9 Å². The summed E-state index contributed by atoms with van der Waals surface area (Å²) >= 11 is 0. The van der Waals surface area contributed by atoms with Crippen LogP contribution in [0.2, 0.25) is 0 Å². The second-order valence-corrected chi connectivity index (χ2v) is 20.6. The van der Waals surface area contributed by atoms with Gasteiger partial charge >= 0.3 is 17.9 Å². The van der Waals surface area contributed by atoms with Crippen LogP contribution in [-0.2, 0) is 28.6 Å². The van der Waals surface area contributed by atoms with Crippen LogP contribution in [0.15, 0.2) is 48.6 Å². The smallest absolute Gasteiger partial charge is 0.306 e. The molecule has 0 amide bonds. The largest absolute Gasteiger partial charge is 0.462 e. The van der Waals surface area contributed by atoms with Gasteiger partial charge in [0.1, 0.15) is 13.2 Å². The molecule has 1 atom stereocenters. The summed E-state index contributed by atoms with van der Waals surface area (Å²) < 4.78 is 16.8. The van der Waals surface area contributed by atoms with Crippen molar-refractivity contribution in [2.24, 2.45) is 0 Å². The van der Waals surface area contributed by atoms with Gasteiger partial charge in [0.15, 0.2) is 6.10 Å². The molecule has 0 spiro atoms. The lowest BCUT2D eigenvalue weighted by atomic mass is 10.0. The van der Waals surface area contributed by atoms with E-state index in [9.17, 15) is 14.4 Å². The van der Waals surface area contributed by atoms with Gasteiger partial charge in [0.2, 0.25) is 0 Å². The van der Waals surface area contributed by atoms with E-state index in [2.05, 4.69) is 69.4 Å². The molecule has 0 radical (unpaired) electrons. The number of unbranched alkanes of at least 4 members (excludes halogenated alkanes) is 37. The van der Waals surface area contributed by atoms with Crippen LogP contribution in [0.5, 0.6) is 0 Å². The van der Waals surface area contributed by atoms with Crippen molar-refractivity contribution in [2.75, 3.05) is 13.2 Å². The first-order valence-electron chi connectivity index (χ1n) is 30.6. The van der Waals surface area contributed by atoms with Crippen LogP contribution in [-0.4, -0.2) is 37.2 Å². The highest BCUT2D eigenvalue weighted by atomic mass is 16.6. The Morgan fingerprint density at radius 1 is 0.300 bits per heavy atom. The number of hydrogen-bond donors (Lipinski definition) is 0. The molecule has 0 rings (SSSR count). The van der Waals surface area contributed by atoms with E-state index in [0.717, 1.165) is 96.3 Å². The monoisotopic (exact) mass is 981 g/mol. The summed E-state index contributed by atoms with van der Waals surface area (Å²) in [6.45, 7) is 6.48. The molecule has 408 valence electrons. The molecule has 0 aliphatic heterocycles. The molecular formula is C64H116O6. The molecule has 0 saturated carbocycles. The third kappa shape index (κ3) is 56.3. The second kappa shape index (κ2) is 58.9. The van der Waals surface area contributed by atoms with Gasteiger partial charge in [-0.25, -0.2) is 0 Å². The Morgan fingerprint density at radius 3 is 0.871 bits per heavy atom. The Labute approximate surface area is 435 Å². The molecule has 0 aliphatic carbocycles. The Kier molecular flexibility index (Phi) is 56.7. The van der Waals surface area contributed by atoms with E-state index in [1.165, 1.54) is 186 Å². The average Bonchev–Trinajstić information content (AvgIpc) is 3.36. The van der Waals surface area contributed by atoms with E-state index in [0.29, 0.717) is 19.3 Å². The van der Waals surface area contributed by atoms with E-state index in [1.54, 1.807) is 0 Å². The maximum absolute atomic E-state index is 12.8. The van der Waals surface area contributed by atoms with Gasteiger partial charge in [-0.15, -0.1) is 0 Å². The molecule has 0 aromatic rings. The highest BCUT2D eigenvalue weighted by molar-refractivity contribution is 5.71. The molecule has 0 aromatic heterocycles. The minimum Gasteiger partial charge on any atom is -0.462 e. The normalized spacial score (nSPS) is 12.3. The lowest BCUT2D eigenvalue weighted by Gasteiger charge is -2.18. The number of carbonyl (C=O) groups is 3. The number of esters is 3. The maximum atomic E-state index is 12.8. The van der Waals surface area contributed by atoms with E-state index < -0.39 is 6.10 Å². The van der Waals surface area contributed by atoms with E-state index >= 15 is 0 Å². The summed E-state index contributed by atoms with van der Waals surface area (Å²) in [6.07, 6.45) is 73.1. The van der Waals surface area contributed by atoms with Gasteiger partial charge in [0.05, 0.1) is 0 Å². The van der Waals surface area contributed by atoms with Gasteiger partial charge in [-0.2, -0.15) is 0 Å². The van der Waals surface area contributed by atoms with Gasteiger partial charge in [-0.05, 0) is 57.8 Å². The first-order chi connectivity index (χ1) is 34.5. The fourth-order valence-corrected chi connectivity index (χ4v) is 9.02. The summed E-state index contributed by atoms with van der Waals surface area (Å²) in [6, 6.07) is 0. The molecule has 6 nitrogen and oxygen atoms in total. The Balaban J connectivity index is 4.01. The van der Waals surface area contributed by atoms with E-state index in [1.807, 2.05) is 0 Å². The predicted octanol–water partition coefficient (Wildman–Crippen LogP) is 20.6. The highest BCUT2D eigenvalue weighted by Crippen LogP contribution is 2.18. The summed E-state index contributed by atoms with van der Waals surface area (Å²) in [5.74, 6) is -0.900. The Morgan fingerprint density at radius 2 is 0.557 bits per heavy atom. The van der Waals surface area contributed by atoms with Crippen LogP contribution in [0.1, 0.15) is 323 Å². The quantitative estimate of drug-likeness (QED) is 0.0261. The molecule has 0 heterocycles. The lowest BCUT2D eigenvalue weighted by Crippen LogP contribution is -2.30. The number of carbonyl (C=O) groups excluding carboxylic acids is 3. The molecule has 0 bridgehead atoms. The summed E-state index contributed by atoms with van der Waals surface area (Å²) in [7, 11) is 0. The molecule has 1 unspecified atom stereocenters. The molecule has 0 aliphatic rings. The molecule has 0 N–H and O–H groups in total. The topological polar surface area (TPSA) is 78.9 Å². The molecule has 70 heavy (non-hydrogen) atoms. The third-order valence-electron chi connectivity index (χ3n) is 13.6. The number of rotatable bonds is 56. The SMILES string of the molecule is CC/C=C\C/C=C\C/C=C\C/C=C\CCCCCCC(=O)OC(COC(=O)CCCCCCCC)COC(=O)CCCCCCCCCCCCCCCCCCCCCCCCCCCCCCC. The second-order valence-electron chi connectivity index (χ2n) is 20.6. The van der Waals surface area contributed by atoms with Crippen molar-refractivity contribution in [1.29, 1.82) is 0 Å². The first kappa shape index (κ1) is 67.4. The van der Waals surface area contributed by atoms with Gasteiger partial charge in [0.25, 0.3) is 0 Å². The van der Waals surface area contributed by atoms with Gasteiger partial charge < -0.3 is 14.2 Å². The zero-order chi connectivity index (χ0) is 50.7. The average molecular weight is 982 g/mol. The molecule has 0 fully saturated rings. The molecule has 6 heteroatoms. The Hall–Kier alpha value is -2.63. The summed E-state index contributed by atoms with van der Waals surface area (Å²) in [4.78, 5) is 37.9. The van der Waals surface area contributed by atoms with Crippen molar-refractivity contribution in [3.63, 3.8) is 0 Å². The van der Waals surface area contributed by atoms with Gasteiger partial charge in [-0.1, -0.05) is 294 Å². The first-order valence-corrected chi connectivity index (χ1v) is 30.6. The molecular weight excluding hydrogens is 865 g/mol. The summed E-state index contributed by atoms with van der Waals surface area (Å²) in [5, 5.41) is 0. The summed E-state index contributed by atoms with van der Waals surface area (Å²) in [5.41, 5.74) is 0. The minimum atomic E-state index is -0.781. The zero-order valence-corrected chi connectivity index (χ0v) is 46.8. The number of hydrogen-bond acceptors (Lipinski definition) is 6. The van der Waals surface area contributed by atoms with Gasteiger partial charge in [-0.3, -0.25) is 14.4 Å². The van der Waals surface area contributed by atoms with Crippen LogP contribution in [0.25, 0.3) is 0 Å². The third-order valence-corrected chi connectivity index (χ3v) is 13.6. The fraction of sp³-hybridized carbons (Fsp3) is 0.828. The van der Waals surface area contributed by atoms with Crippen LogP contribution >= 0.6 is 0 Å². The van der Waals surface area contributed by atoms with Crippen molar-refractivity contribution in [2.45, 2.75) is 329 Å². The molecule has 0 saturated heterocycles. The fourth-order valence-electron chi connectivity index (χ4n) is 9.02. The lowest BCUT2D eigenvalue weighted by molar-refractivity contribution is -0.167. The van der Waals surface area contributed by atoms with Crippen LogP contribution in [0.3, 0.4) is 0 Å². The standard InChI is InChI=1S/C64H116O6/c1-4-7-10-13-16-18-20-22-24-26-27-28-29-30-31-32-33-34-35-36-37-39-40-42-44-46-48-51-54-57-63(66)69-60-61(59-68-62(65)56-53-50-15-12-9-6-3)70-64(67)58-55-52-49-47-45-43-41-38-25-23-21-19-17-14-11-8-5-2/h8,11,17,19,23,25,41,43,61H,4-7,9-10,12-16,18,20-22,24,26-40,42,44-60H2,1-3H3/b11-8-,19-17-,25-23-,43-41-. The van der Waals surface area contributed by atoms with Crippen molar-refractivity contribution < 1.29 is 28.6 Å². The van der Waals surface area contributed by atoms with Crippen LogP contribution < -0.4 is 0 Å². The highest BCUT2D eigenvalue weighted by Gasteiger charge is 2.19. The van der Waals surface area contributed by atoms with Crippen molar-refractivity contribution in [3.8, 4) is 0 Å². The van der Waals surface area contributed by atoms with Crippen molar-refractivity contribution in [3.05, 3.63) is 48.6 Å². The zero-order valence-electron chi connectivity index (χ0n) is 46.8. The number of ether oxygens (including phenoxy) is 3.